The molecule has 3 heterocycles. The van der Waals surface area contributed by atoms with Crippen molar-refractivity contribution < 1.29 is 57.1 Å². The number of ether oxygens (including phenoxy) is 3. The van der Waals surface area contributed by atoms with E-state index >= 15 is 0 Å². The summed E-state index contributed by atoms with van der Waals surface area (Å²) in [5.74, 6) is -0.289. The summed E-state index contributed by atoms with van der Waals surface area (Å²) in [5, 5.41) is 5.49. The van der Waals surface area contributed by atoms with Crippen molar-refractivity contribution in [1.29, 1.82) is 0 Å². The van der Waals surface area contributed by atoms with Crippen LogP contribution in [0.1, 0.15) is 71.7 Å². The summed E-state index contributed by atoms with van der Waals surface area (Å²) in [6.45, 7) is 13.8. The van der Waals surface area contributed by atoms with Gasteiger partial charge in [-0.15, -0.1) is 0 Å². The highest BCUT2D eigenvalue weighted by molar-refractivity contribution is 5.75. The van der Waals surface area contributed by atoms with Gasteiger partial charge in [0.05, 0.1) is 16.7 Å². The molecule has 216 valence electrons. The number of rotatable bonds is 9. The first-order valence-corrected chi connectivity index (χ1v) is 13.1. The third kappa shape index (κ3) is 8.84. The molecule has 0 unspecified atom stereocenters. The fraction of sp³-hybridized carbons (Fsp3) is 0.571. The van der Waals surface area contributed by atoms with Crippen LogP contribution in [0.4, 0.5) is 9.59 Å². The SMILES string of the molecule is CC(C)NC(=O)OCc1c(COC(=O)NC(C)C)c(-c2ccc[n+](COC(=O)C(C)(C)C)c2)n2c1CCC2.[I-]. The second-order valence-electron chi connectivity index (χ2n) is 11.2. The number of fused-ring (bicyclic) bond motifs is 1. The number of hydrogen-bond acceptors (Lipinski definition) is 6. The van der Waals surface area contributed by atoms with Crippen LogP contribution in [0.25, 0.3) is 11.3 Å². The van der Waals surface area contributed by atoms with Crippen LogP contribution in [-0.2, 0) is 51.9 Å². The molecule has 2 aromatic heterocycles. The number of nitrogens with zero attached hydrogens (tertiary/aromatic N) is 2. The molecular weight excluding hydrogens is 615 g/mol. The Morgan fingerprint density at radius 3 is 2.13 bits per heavy atom. The number of carbonyl (C=O) groups excluding carboxylic acids is 3. The van der Waals surface area contributed by atoms with Crippen molar-refractivity contribution in [2.45, 2.75) is 99.9 Å². The summed E-state index contributed by atoms with van der Waals surface area (Å²) in [6.07, 6.45) is 4.51. The first kappa shape index (κ1) is 32.4. The van der Waals surface area contributed by atoms with E-state index in [-0.39, 0.29) is 62.0 Å². The van der Waals surface area contributed by atoms with Crippen molar-refractivity contribution in [2.24, 2.45) is 5.41 Å². The highest BCUT2D eigenvalue weighted by Gasteiger charge is 2.30. The Balaban J connectivity index is 0.00000533. The molecule has 0 saturated carbocycles. The lowest BCUT2D eigenvalue weighted by Crippen LogP contribution is -3.00. The number of halogens is 1. The van der Waals surface area contributed by atoms with Gasteiger partial charge >= 0.3 is 18.2 Å². The maximum Gasteiger partial charge on any atom is 0.407 e. The van der Waals surface area contributed by atoms with E-state index in [1.165, 1.54) is 0 Å². The van der Waals surface area contributed by atoms with Gasteiger partial charge in [-0.05, 0) is 67.4 Å². The third-order valence-corrected chi connectivity index (χ3v) is 5.99. The van der Waals surface area contributed by atoms with E-state index in [1.54, 1.807) is 4.57 Å². The molecule has 3 rings (SSSR count). The molecule has 0 saturated heterocycles. The van der Waals surface area contributed by atoms with E-state index in [4.69, 9.17) is 14.2 Å². The van der Waals surface area contributed by atoms with Crippen LogP contribution < -0.4 is 39.2 Å². The number of alkyl carbamates (subject to hydrolysis) is 2. The summed E-state index contributed by atoms with van der Waals surface area (Å²) in [7, 11) is 0. The van der Waals surface area contributed by atoms with Gasteiger partial charge in [0, 0.05) is 41.5 Å². The Labute approximate surface area is 247 Å². The maximum absolute atomic E-state index is 12.3. The number of amides is 2. The molecule has 11 heteroatoms. The molecule has 2 aromatic rings. The molecule has 0 fully saturated rings. The average molecular weight is 657 g/mol. The van der Waals surface area contributed by atoms with Gasteiger partial charge in [-0.2, -0.15) is 4.57 Å². The Morgan fingerprint density at radius 1 is 0.974 bits per heavy atom. The lowest BCUT2D eigenvalue weighted by Gasteiger charge is -2.15. The molecule has 0 aromatic carbocycles. The zero-order chi connectivity index (χ0) is 28.0. The predicted octanol–water partition coefficient (Wildman–Crippen LogP) is 1.21. The Morgan fingerprint density at radius 2 is 1.56 bits per heavy atom. The highest BCUT2D eigenvalue weighted by atomic mass is 127. The predicted molar refractivity (Wildman–Crippen MR) is 141 cm³/mol. The summed E-state index contributed by atoms with van der Waals surface area (Å²) < 4.78 is 20.7. The third-order valence-electron chi connectivity index (χ3n) is 5.99. The molecule has 0 bridgehead atoms. The molecule has 10 nitrogen and oxygen atoms in total. The van der Waals surface area contributed by atoms with Crippen molar-refractivity contribution in [1.82, 2.24) is 15.2 Å². The monoisotopic (exact) mass is 656 g/mol. The fourth-order valence-electron chi connectivity index (χ4n) is 4.29. The smallest absolute Gasteiger partial charge is 0.407 e. The molecule has 0 atom stereocenters. The van der Waals surface area contributed by atoms with E-state index in [2.05, 4.69) is 15.2 Å². The van der Waals surface area contributed by atoms with Crippen LogP contribution in [-0.4, -0.2) is 34.8 Å². The first-order valence-electron chi connectivity index (χ1n) is 13.1. The van der Waals surface area contributed by atoms with Crippen LogP contribution in [0.15, 0.2) is 24.5 Å². The first-order chi connectivity index (χ1) is 17.9. The molecule has 1 aliphatic rings. The largest absolute Gasteiger partial charge is 1.00 e. The van der Waals surface area contributed by atoms with Crippen LogP contribution >= 0.6 is 0 Å². The molecule has 0 aliphatic carbocycles. The minimum atomic E-state index is -0.599. The van der Waals surface area contributed by atoms with Crippen LogP contribution in [0.3, 0.4) is 0 Å². The van der Waals surface area contributed by atoms with Gasteiger partial charge < -0.3 is 53.4 Å². The van der Waals surface area contributed by atoms with Gasteiger partial charge in [-0.1, -0.05) is 0 Å². The van der Waals surface area contributed by atoms with E-state index in [1.807, 2.05) is 73.0 Å². The minimum Gasteiger partial charge on any atom is -1.00 e. The van der Waals surface area contributed by atoms with Crippen molar-refractivity contribution in [3.63, 3.8) is 0 Å². The van der Waals surface area contributed by atoms with Crippen molar-refractivity contribution in [3.05, 3.63) is 41.3 Å². The second-order valence-corrected chi connectivity index (χ2v) is 11.2. The molecule has 1 aliphatic heterocycles. The molecule has 0 radical (unpaired) electrons. The maximum atomic E-state index is 12.3. The number of esters is 1. The summed E-state index contributed by atoms with van der Waals surface area (Å²) in [5.41, 5.74) is 3.88. The zero-order valence-corrected chi connectivity index (χ0v) is 26.1. The number of pyridine rings is 1. The van der Waals surface area contributed by atoms with E-state index < -0.39 is 17.6 Å². The van der Waals surface area contributed by atoms with Gasteiger partial charge in [0.2, 0.25) is 0 Å². The van der Waals surface area contributed by atoms with Crippen LogP contribution in [0, 0.1) is 5.41 Å². The lowest BCUT2D eigenvalue weighted by molar-refractivity contribution is -0.727. The van der Waals surface area contributed by atoms with Gasteiger partial charge in [-0.3, -0.25) is 4.79 Å². The van der Waals surface area contributed by atoms with Gasteiger partial charge in [0.25, 0.3) is 6.73 Å². The average Bonchev–Trinajstić information content (AvgIpc) is 3.39. The molecule has 2 N–H and O–H groups in total. The van der Waals surface area contributed by atoms with Gasteiger partial charge in [-0.25, -0.2) is 9.59 Å². The van der Waals surface area contributed by atoms with Gasteiger partial charge in [0.15, 0.2) is 12.4 Å². The number of carbonyl (C=O) groups is 3. The Hall–Kier alpha value is -2.83. The van der Waals surface area contributed by atoms with Gasteiger partial charge in [0.1, 0.15) is 13.2 Å². The van der Waals surface area contributed by atoms with Crippen molar-refractivity contribution in [2.75, 3.05) is 0 Å². The zero-order valence-electron chi connectivity index (χ0n) is 23.9. The minimum absolute atomic E-state index is 0. The van der Waals surface area contributed by atoms with Crippen LogP contribution in [0.2, 0.25) is 0 Å². The lowest BCUT2D eigenvalue weighted by atomic mass is 9.98. The van der Waals surface area contributed by atoms with Crippen LogP contribution in [0.5, 0.6) is 0 Å². The summed E-state index contributed by atoms with van der Waals surface area (Å²) >= 11 is 0. The normalized spacial score (nSPS) is 12.5. The fourth-order valence-corrected chi connectivity index (χ4v) is 4.29. The highest BCUT2D eigenvalue weighted by Crippen LogP contribution is 2.36. The number of aromatic nitrogens is 2. The second kappa shape index (κ2) is 14.0. The van der Waals surface area contributed by atoms with E-state index in [0.29, 0.717) is 0 Å². The van der Waals surface area contributed by atoms with E-state index in [9.17, 15) is 14.4 Å². The standard InChI is InChI=1S/C28H40N4O6.HI/c1-18(2)29-26(34)36-15-21-22(16-37-27(35)30-19(3)4)24(32-13-9-11-23(21)32)20-10-8-12-31(14-20)17-38-25(33)28(5,6)7;/h8,10,12,14,18-19H,9,11,13,15-17H2,1-7H3,(H-,29,30,34,35);1H. The molecular formula is C28H41IN4O6. The quantitative estimate of drug-likeness (QED) is 0.182. The summed E-state index contributed by atoms with van der Waals surface area (Å²) in [6, 6.07) is 3.74. The summed E-state index contributed by atoms with van der Waals surface area (Å²) in [4.78, 5) is 36.9. The Kier molecular flexibility index (Phi) is 11.6. The molecule has 39 heavy (non-hydrogen) atoms. The van der Waals surface area contributed by atoms with Crippen molar-refractivity contribution in [3.8, 4) is 11.3 Å². The van der Waals surface area contributed by atoms with Crippen molar-refractivity contribution >= 4 is 18.2 Å². The van der Waals surface area contributed by atoms with E-state index in [0.717, 1.165) is 47.5 Å². The molecule has 0 spiro atoms. The number of nitrogens with one attached hydrogen (secondary N) is 2. The Bertz CT molecular complexity index is 1170. The molecule has 2 amide bonds. The number of hydrogen-bond donors (Lipinski definition) is 2. The topological polar surface area (TPSA) is 112 Å².